The molecule has 4 aliphatic rings. The highest BCUT2D eigenvalue weighted by Gasteiger charge is 2.55. The molecule has 2 saturated carbocycles. The quantitative estimate of drug-likeness (QED) is 0.547. The Morgan fingerprint density at radius 2 is 2.03 bits per heavy atom. The van der Waals surface area contributed by atoms with Gasteiger partial charge in [-0.05, 0) is 68.1 Å². The lowest BCUT2D eigenvalue weighted by Crippen LogP contribution is -2.50. The van der Waals surface area contributed by atoms with Crippen molar-refractivity contribution in [2.24, 2.45) is 23.2 Å². The van der Waals surface area contributed by atoms with E-state index in [9.17, 15) is 4.79 Å². The van der Waals surface area contributed by atoms with Crippen molar-refractivity contribution in [2.75, 3.05) is 37.6 Å². The van der Waals surface area contributed by atoms with Gasteiger partial charge in [0.15, 0.2) is 0 Å². The van der Waals surface area contributed by atoms with Gasteiger partial charge in [-0.25, -0.2) is 0 Å². The van der Waals surface area contributed by atoms with Crippen LogP contribution in [0.1, 0.15) is 44.6 Å². The molecule has 2 aliphatic heterocycles. The van der Waals surface area contributed by atoms with Gasteiger partial charge in [0.2, 0.25) is 0 Å². The minimum atomic E-state index is 0.0415. The van der Waals surface area contributed by atoms with Gasteiger partial charge in [-0.1, -0.05) is 31.2 Å². The highest BCUT2D eigenvalue weighted by atomic mass is 16.6. The number of carbonyl (C=O) groups excluding carboxylic acids is 1. The predicted octanol–water partition coefficient (Wildman–Crippen LogP) is 4.43. The molecule has 2 saturated heterocycles. The minimum absolute atomic E-state index is 0.0415. The first-order chi connectivity index (χ1) is 14.4. The average molecular weight is 409 g/mol. The summed E-state index contributed by atoms with van der Waals surface area (Å²) in [6.45, 7) is 13.9. The van der Waals surface area contributed by atoms with Gasteiger partial charge in [0.25, 0.3) is 0 Å². The third-order valence-electron chi connectivity index (χ3n) is 8.51. The second kappa shape index (κ2) is 7.71. The molecule has 0 aromatic heterocycles. The topological polar surface area (TPSA) is 32.8 Å². The number of allylic oxidation sites excluding steroid dienone is 1. The van der Waals surface area contributed by atoms with Gasteiger partial charge in [-0.15, -0.1) is 0 Å². The van der Waals surface area contributed by atoms with Crippen molar-refractivity contribution in [1.82, 2.24) is 4.90 Å². The number of fused-ring (bicyclic) bond motifs is 2. The van der Waals surface area contributed by atoms with E-state index in [4.69, 9.17) is 4.74 Å². The van der Waals surface area contributed by atoms with E-state index in [0.717, 1.165) is 52.0 Å². The van der Waals surface area contributed by atoms with Crippen LogP contribution in [0.15, 0.2) is 36.4 Å². The minimum Gasteiger partial charge on any atom is -0.462 e. The van der Waals surface area contributed by atoms with Crippen LogP contribution in [0.25, 0.3) is 0 Å². The maximum atomic E-state index is 12.8. The zero-order valence-corrected chi connectivity index (χ0v) is 18.6. The molecule has 0 unspecified atom stereocenters. The second-order valence-corrected chi connectivity index (χ2v) is 10.5. The molecule has 4 heteroatoms. The second-order valence-electron chi connectivity index (χ2n) is 10.5. The summed E-state index contributed by atoms with van der Waals surface area (Å²) in [6.07, 6.45) is 5.92. The molecule has 2 heterocycles. The van der Waals surface area contributed by atoms with E-state index < -0.39 is 0 Å². The molecule has 1 aromatic carbocycles. The summed E-state index contributed by atoms with van der Waals surface area (Å²) in [7, 11) is 0. The fourth-order valence-corrected chi connectivity index (χ4v) is 6.76. The lowest BCUT2D eigenvalue weighted by Gasteiger charge is -2.50. The van der Waals surface area contributed by atoms with Crippen molar-refractivity contribution in [3.8, 4) is 0 Å². The van der Waals surface area contributed by atoms with Crippen LogP contribution < -0.4 is 4.90 Å². The van der Waals surface area contributed by atoms with E-state index in [0.29, 0.717) is 11.8 Å². The molecule has 4 fully saturated rings. The molecule has 5 rings (SSSR count). The number of ether oxygens (including phenoxy) is 1. The summed E-state index contributed by atoms with van der Waals surface area (Å²) in [4.78, 5) is 17.8. The molecule has 0 bridgehead atoms. The molecule has 0 amide bonds. The molecule has 5 atom stereocenters. The van der Waals surface area contributed by atoms with Crippen LogP contribution in [0.3, 0.4) is 0 Å². The Morgan fingerprint density at radius 3 is 2.80 bits per heavy atom. The van der Waals surface area contributed by atoms with Crippen molar-refractivity contribution in [1.29, 1.82) is 0 Å². The largest absolute Gasteiger partial charge is 0.462 e. The predicted molar refractivity (Wildman–Crippen MR) is 121 cm³/mol. The fraction of sp³-hybridized carbons (Fsp3) is 0.654. The number of benzene rings is 1. The Labute approximate surface area is 181 Å². The van der Waals surface area contributed by atoms with Crippen LogP contribution in [0.2, 0.25) is 0 Å². The van der Waals surface area contributed by atoms with Crippen LogP contribution in [-0.2, 0) is 9.53 Å². The number of piperazine rings is 1. The van der Waals surface area contributed by atoms with E-state index in [1.54, 1.807) is 0 Å². The van der Waals surface area contributed by atoms with Gasteiger partial charge in [0.05, 0.1) is 5.92 Å². The van der Waals surface area contributed by atoms with Crippen LogP contribution in [0, 0.1) is 30.1 Å². The zero-order valence-electron chi connectivity index (χ0n) is 18.6. The maximum Gasteiger partial charge on any atom is 0.310 e. The number of hydrogen-bond acceptors (Lipinski definition) is 4. The van der Waals surface area contributed by atoms with Crippen molar-refractivity contribution in [3.05, 3.63) is 42.0 Å². The SMILES string of the molecule is C=C1CCC[C@]2(C)C[C@H]3OC(=O)[C@H](CN4CCN(c5cccc(C)c5)CC4)[C@@H]3C[C@@H]12. The van der Waals surface area contributed by atoms with Gasteiger partial charge < -0.3 is 9.64 Å². The first-order valence-electron chi connectivity index (χ1n) is 11.8. The van der Waals surface area contributed by atoms with Gasteiger partial charge in [0.1, 0.15) is 6.10 Å². The number of rotatable bonds is 3. The van der Waals surface area contributed by atoms with Crippen LogP contribution in [0.4, 0.5) is 5.69 Å². The maximum absolute atomic E-state index is 12.8. The Bertz CT molecular complexity index is 828. The number of nitrogens with zero attached hydrogens (tertiary/aromatic N) is 2. The van der Waals surface area contributed by atoms with E-state index in [1.165, 1.54) is 29.7 Å². The Kier molecular flexibility index (Phi) is 5.17. The van der Waals surface area contributed by atoms with Crippen molar-refractivity contribution in [2.45, 2.75) is 52.1 Å². The molecular formula is C26H36N2O2. The normalized spacial score (nSPS) is 36.9. The molecular weight excluding hydrogens is 372 g/mol. The van der Waals surface area contributed by atoms with Gasteiger partial charge in [-0.3, -0.25) is 9.69 Å². The van der Waals surface area contributed by atoms with Crippen molar-refractivity contribution >= 4 is 11.7 Å². The smallest absolute Gasteiger partial charge is 0.310 e. The summed E-state index contributed by atoms with van der Waals surface area (Å²) in [5.74, 6) is 1.04. The lowest BCUT2D eigenvalue weighted by molar-refractivity contribution is -0.146. The molecule has 2 aliphatic carbocycles. The fourth-order valence-electron chi connectivity index (χ4n) is 6.76. The lowest BCUT2D eigenvalue weighted by atomic mass is 9.55. The monoisotopic (exact) mass is 408 g/mol. The Balaban J connectivity index is 1.23. The van der Waals surface area contributed by atoms with Gasteiger partial charge in [-0.2, -0.15) is 0 Å². The molecule has 0 spiro atoms. The van der Waals surface area contributed by atoms with Crippen molar-refractivity contribution in [3.63, 3.8) is 0 Å². The molecule has 4 nitrogen and oxygen atoms in total. The summed E-state index contributed by atoms with van der Waals surface area (Å²) in [5.41, 5.74) is 4.33. The average Bonchev–Trinajstić information content (AvgIpc) is 3.01. The zero-order chi connectivity index (χ0) is 20.9. The first kappa shape index (κ1) is 20.1. The Morgan fingerprint density at radius 1 is 1.23 bits per heavy atom. The van der Waals surface area contributed by atoms with Gasteiger partial charge in [0, 0.05) is 44.3 Å². The third-order valence-corrected chi connectivity index (χ3v) is 8.51. The van der Waals surface area contributed by atoms with Crippen molar-refractivity contribution < 1.29 is 9.53 Å². The molecule has 30 heavy (non-hydrogen) atoms. The van der Waals surface area contributed by atoms with E-state index in [-0.39, 0.29) is 23.4 Å². The third kappa shape index (κ3) is 3.57. The highest BCUT2D eigenvalue weighted by Crippen LogP contribution is 2.56. The highest BCUT2D eigenvalue weighted by molar-refractivity contribution is 5.75. The molecule has 162 valence electrons. The summed E-state index contributed by atoms with van der Waals surface area (Å²) in [5, 5.41) is 0. The first-order valence-corrected chi connectivity index (χ1v) is 11.8. The molecule has 0 N–H and O–H groups in total. The summed E-state index contributed by atoms with van der Waals surface area (Å²) in [6, 6.07) is 8.77. The number of esters is 1. The van der Waals surface area contributed by atoms with E-state index >= 15 is 0 Å². The summed E-state index contributed by atoms with van der Waals surface area (Å²) < 4.78 is 5.97. The van der Waals surface area contributed by atoms with Gasteiger partial charge >= 0.3 is 5.97 Å². The van der Waals surface area contributed by atoms with E-state index in [1.807, 2.05) is 0 Å². The van der Waals surface area contributed by atoms with Crippen LogP contribution in [-0.4, -0.2) is 49.7 Å². The van der Waals surface area contributed by atoms with Crippen LogP contribution in [0.5, 0.6) is 0 Å². The standard InChI is InChI=1S/C26H36N2O2/c1-18-6-4-8-20(14-18)28-12-10-27(11-13-28)17-22-21-15-23-19(2)7-5-9-26(23,3)16-24(21)30-25(22)29/h4,6,8,14,21-24H,2,5,7,9-13,15-17H2,1,3H3/t21-,22+,23-,24+,26+/m0/s1. The van der Waals surface area contributed by atoms with Crippen LogP contribution >= 0.6 is 0 Å². The number of anilines is 1. The Hall–Kier alpha value is -1.81. The number of aryl methyl sites for hydroxylation is 1. The molecule has 1 aromatic rings. The summed E-state index contributed by atoms with van der Waals surface area (Å²) >= 11 is 0. The number of hydrogen-bond donors (Lipinski definition) is 0. The number of carbonyl (C=O) groups is 1. The molecule has 0 radical (unpaired) electrons. The van der Waals surface area contributed by atoms with E-state index in [2.05, 4.69) is 54.5 Å².